The molecule has 0 atom stereocenters. The zero-order valence-electron chi connectivity index (χ0n) is 16.0. The van der Waals surface area contributed by atoms with Gasteiger partial charge in [0.25, 0.3) is 0 Å². The van der Waals surface area contributed by atoms with Crippen LogP contribution >= 0.6 is 0 Å². The highest BCUT2D eigenvalue weighted by Crippen LogP contribution is 2.25. The second-order valence-corrected chi connectivity index (χ2v) is 8.14. The Bertz CT molecular complexity index is 815. The highest BCUT2D eigenvalue weighted by atomic mass is 32.2. The lowest BCUT2D eigenvalue weighted by molar-refractivity contribution is 0.402. The molecule has 0 fully saturated rings. The van der Waals surface area contributed by atoms with Crippen LogP contribution in [-0.2, 0) is 22.9 Å². The Labute approximate surface area is 157 Å². The largest absolute Gasteiger partial charge is 0.495 e. The Morgan fingerprint density at radius 3 is 2.27 bits per heavy atom. The molecule has 0 aliphatic rings. The highest BCUT2D eigenvalue weighted by molar-refractivity contribution is 7.89. The Hall–Kier alpha value is -2.05. The first-order valence-electron chi connectivity index (χ1n) is 8.80. The molecule has 2 aromatic rings. The fraction of sp³-hybridized carbons (Fsp3) is 0.400. The minimum atomic E-state index is -3.59. The van der Waals surface area contributed by atoms with Crippen LogP contribution in [0.15, 0.2) is 47.4 Å². The monoisotopic (exact) mass is 376 g/mol. The predicted molar refractivity (Wildman–Crippen MR) is 107 cm³/mol. The summed E-state index contributed by atoms with van der Waals surface area (Å²) < 4.78 is 33.1. The number of nitrogens with zero attached hydrogens (tertiary/aromatic N) is 1. The van der Waals surface area contributed by atoms with Gasteiger partial charge in [-0.15, -0.1) is 0 Å². The summed E-state index contributed by atoms with van der Waals surface area (Å²) in [6.07, 6.45) is 2.33. The number of benzene rings is 2. The van der Waals surface area contributed by atoms with Crippen molar-refractivity contribution >= 4 is 15.7 Å². The second-order valence-electron chi connectivity index (χ2n) is 6.40. The molecule has 0 aliphatic heterocycles. The number of nitrogens with one attached hydrogen (secondary N) is 1. The van der Waals surface area contributed by atoms with Gasteiger partial charge in [-0.2, -0.15) is 0 Å². The first-order valence-corrected chi connectivity index (χ1v) is 10.3. The van der Waals surface area contributed by atoms with Crippen molar-refractivity contribution in [2.24, 2.45) is 0 Å². The summed E-state index contributed by atoms with van der Waals surface area (Å²) in [5, 5.41) is 0. The third-order valence-electron chi connectivity index (χ3n) is 4.31. The van der Waals surface area contributed by atoms with Crippen LogP contribution in [0.4, 0.5) is 5.69 Å². The average molecular weight is 377 g/mol. The van der Waals surface area contributed by atoms with Crippen molar-refractivity contribution in [1.82, 2.24) is 4.72 Å². The Morgan fingerprint density at radius 2 is 1.69 bits per heavy atom. The fourth-order valence-corrected chi connectivity index (χ4v) is 3.98. The molecule has 0 saturated carbocycles. The zero-order chi connectivity index (χ0) is 19.2. The summed E-state index contributed by atoms with van der Waals surface area (Å²) in [7, 11) is 1.90. The number of methoxy groups -OCH3 is 1. The van der Waals surface area contributed by atoms with E-state index in [9.17, 15) is 8.42 Å². The van der Waals surface area contributed by atoms with Crippen LogP contribution in [0.5, 0.6) is 5.75 Å². The van der Waals surface area contributed by atoms with Gasteiger partial charge < -0.3 is 9.64 Å². The summed E-state index contributed by atoms with van der Waals surface area (Å²) in [5.74, 6) is 0.369. The molecule has 5 nitrogen and oxygen atoms in total. The van der Waals surface area contributed by atoms with Crippen molar-refractivity contribution in [3.8, 4) is 5.75 Å². The molecule has 0 aliphatic carbocycles. The van der Waals surface area contributed by atoms with Gasteiger partial charge in [-0.25, -0.2) is 13.1 Å². The summed E-state index contributed by atoms with van der Waals surface area (Å²) >= 11 is 0. The smallest absolute Gasteiger partial charge is 0.244 e. The van der Waals surface area contributed by atoms with Crippen molar-refractivity contribution in [1.29, 1.82) is 0 Å². The molecular formula is C20H28N2O3S. The molecule has 2 rings (SSSR count). The van der Waals surface area contributed by atoms with Crippen molar-refractivity contribution in [3.63, 3.8) is 0 Å². The van der Waals surface area contributed by atoms with E-state index in [0.717, 1.165) is 30.5 Å². The third kappa shape index (κ3) is 5.22. The van der Waals surface area contributed by atoms with Gasteiger partial charge in [0.05, 0.1) is 7.11 Å². The van der Waals surface area contributed by atoms with Crippen LogP contribution in [0.3, 0.4) is 0 Å². The van der Waals surface area contributed by atoms with Crippen molar-refractivity contribution < 1.29 is 13.2 Å². The second kappa shape index (κ2) is 9.05. The first-order chi connectivity index (χ1) is 12.4. The van der Waals surface area contributed by atoms with E-state index < -0.39 is 10.0 Å². The summed E-state index contributed by atoms with van der Waals surface area (Å²) in [5.41, 5.74) is 3.31. The SMILES string of the molecule is CCc1ccc(OC)c(S(=O)(=O)NCCCc2ccc(N(C)C)cc2)c1. The zero-order valence-corrected chi connectivity index (χ0v) is 16.8. The molecule has 2 aromatic carbocycles. The Kier molecular flexibility index (Phi) is 7.06. The number of aryl methyl sites for hydroxylation is 2. The van der Waals surface area contributed by atoms with Crippen molar-refractivity contribution in [3.05, 3.63) is 53.6 Å². The number of hydrogen-bond donors (Lipinski definition) is 1. The molecule has 26 heavy (non-hydrogen) atoms. The maximum absolute atomic E-state index is 12.6. The van der Waals surface area contributed by atoms with Crippen LogP contribution in [0.25, 0.3) is 0 Å². The van der Waals surface area contributed by atoms with E-state index >= 15 is 0 Å². The first kappa shape index (κ1) is 20.3. The standard InChI is InChI=1S/C20H28N2O3S/c1-5-16-10-13-19(25-4)20(15-16)26(23,24)21-14-6-7-17-8-11-18(12-9-17)22(2)3/h8-13,15,21H,5-7,14H2,1-4H3. The molecule has 142 valence electrons. The lowest BCUT2D eigenvalue weighted by Gasteiger charge is -2.13. The molecule has 0 saturated heterocycles. The van der Waals surface area contributed by atoms with E-state index in [1.807, 2.05) is 27.1 Å². The third-order valence-corrected chi connectivity index (χ3v) is 5.80. The number of anilines is 1. The number of rotatable bonds is 9. The topological polar surface area (TPSA) is 58.6 Å². The van der Waals surface area contributed by atoms with E-state index in [4.69, 9.17) is 4.74 Å². The lowest BCUT2D eigenvalue weighted by atomic mass is 10.1. The molecule has 1 N–H and O–H groups in total. The minimum Gasteiger partial charge on any atom is -0.495 e. The van der Waals surface area contributed by atoms with Gasteiger partial charge in [0.2, 0.25) is 10.0 Å². The van der Waals surface area contributed by atoms with Gasteiger partial charge in [0.15, 0.2) is 0 Å². The summed E-state index contributed by atoms with van der Waals surface area (Å²) in [6, 6.07) is 13.6. The minimum absolute atomic E-state index is 0.203. The molecule has 0 spiro atoms. The van der Waals surface area contributed by atoms with Crippen LogP contribution in [0, 0.1) is 0 Å². The molecule has 0 unspecified atom stereocenters. The van der Waals surface area contributed by atoms with Crippen molar-refractivity contribution in [2.45, 2.75) is 31.1 Å². The highest BCUT2D eigenvalue weighted by Gasteiger charge is 2.19. The Morgan fingerprint density at radius 1 is 1.04 bits per heavy atom. The fourth-order valence-electron chi connectivity index (χ4n) is 2.69. The summed E-state index contributed by atoms with van der Waals surface area (Å²) in [4.78, 5) is 2.25. The molecule has 0 aromatic heterocycles. The van der Waals surface area contributed by atoms with Crippen molar-refractivity contribution in [2.75, 3.05) is 32.6 Å². The van der Waals surface area contributed by atoms with Gasteiger partial charge in [-0.05, 0) is 54.7 Å². The van der Waals surface area contributed by atoms with Crippen LogP contribution < -0.4 is 14.4 Å². The van der Waals surface area contributed by atoms with Crippen LogP contribution in [0.2, 0.25) is 0 Å². The summed E-state index contributed by atoms with van der Waals surface area (Å²) in [6.45, 7) is 2.38. The number of hydrogen-bond acceptors (Lipinski definition) is 4. The van der Waals surface area contributed by atoms with Gasteiger partial charge >= 0.3 is 0 Å². The number of ether oxygens (including phenoxy) is 1. The predicted octanol–water partition coefficient (Wildman–Crippen LogP) is 3.23. The van der Waals surface area contributed by atoms with E-state index in [1.165, 1.54) is 12.7 Å². The molecular weight excluding hydrogens is 348 g/mol. The quantitative estimate of drug-likeness (QED) is 0.683. The van der Waals surface area contributed by atoms with E-state index in [0.29, 0.717) is 12.3 Å². The van der Waals surface area contributed by atoms with E-state index in [1.54, 1.807) is 12.1 Å². The normalized spacial score (nSPS) is 11.4. The molecule has 6 heteroatoms. The molecule has 0 heterocycles. The van der Waals surface area contributed by atoms with E-state index in [-0.39, 0.29) is 4.90 Å². The van der Waals surface area contributed by atoms with Gasteiger partial charge in [-0.1, -0.05) is 25.1 Å². The maximum Gasteiger partial charge on any atom is 0.244 e. The maximum atomic E-state index is 12.6. The van der Waals surface area contributed by atoms with Gasteiger partial charge in [-0.3, -0.25) is 0 Å². The van der Waals surface area contributed by atoms with Gasteiger partial charge in [0, 0.05) is 26.3 Å². The van der Waals surface area contributed by atoms with E-state index in [2.05, 4.69) is 33.9 Å². The van der Waals surface area contributed by atoms with Crippen LogP contribution in [-0.4, -0.2) is 36.2 Å². The van der Waals surface area contributed by atoms with Gasteiger partial charge in [0.1, 0.15) is 10.6 Å². The number of sulfonamides is 1. The lowest BCUT2D eigenvalue weighted by Crippen LogP contribution is -2.25. The average Bonchev–Trinajstić information content (AvgIpc) is 2.65. The molecule has 0 bridgehead atoms. The van der Waals surface area contributed by atoms with Crippen LogP contribution in [0.1, 0.15) is 24.5 Å². The molecule has 0 amide bonds. The molecule has 0 radical (unpaired) electrons. The Balaban J connectivity index is 1.96.